The molecular formula is C27H22FN5OS. The van der Waals surface area contributed by atoms with Crippen LogP contribution in [0.4, 0.5) is 10.1 Å². The van der Waals surface area contributed by atoms with Crippen molar-refractivity contribution in [1.82, 2.24) is 9.29 Å². The minimum atomic E-state index is -1.03. The molecule has 2 atom stereocenters. The number of amides is 1. The van der Waals surface area contributed by atoms with E-state index in [2.05, 4.69) is 40.4 Å². The summed E-state index contributed by atoms with van der Waals surface area (Å²) in [6, 6.07) is 20.2. The predicted octanol–water partition coefficient (Wildman–Crippen LogP) is 5.32. The Morgan fingerprint density at radius 2 is 2.00 bits per heavy atom. The first-order chi connectivity index (χ1) is 16.9. The van der Waals surface area contributed by atoms with E-state index in [-0.39, 0.29) is 17.5 Å². The molecule has 2 heterocycles. The summed E-state index contributed by atoms with van der Waals surface area (Å²) in [6.07, 6.45) is 6.41. The van der Waals surface area contributed by atoms with Crippen LogP contribution >= 0.6 is 0 Å². The maximum atomic E-state index is 13.7. The van der Waals surface area contributed by atoms with Gasteiger partial charge in [0.05, 0.1) is 10.5 Å². The number of nitriles is 1. The molecule has 1 aromatic heterocycles. The number of rotatable bonds is 4. The minimum absolute atomic E-state index is 0.0686. The molecular weight excluding hydrogens is 461 g/mol. The van der Waals surface area contributed by atoms with Gasteiger partial charge in [-0.2, -0.15) is 5.26 Å². The lowest BCUT2D eigenvalue weighted by atomic mass is 10.0. The SMILES string of the molecule is Cn1cc2c(c1C(=O)Nc1ccc(F)c(C#N)c1)C=CC(Cc1ccc3ccccc3c1)NS2=N. The summed E-state index contributed by atoms with van der Waals surface area (Å²) in [5.74, 6) is -1.03. The molecule has 2 unspecified atom stereocenters. The van der Waals surface area contributed by atoms with Crippen molar-refractivity contribution in [3.63, 3.8) is 0 Å². The molecule has 0 aliphatic carbocycles. The van der Waals surface area contributed by atoms with E-state index in [1.807, 2.05) is 24.3 Å². The normalized spacial score (nSPS) is 16.9. The van der Waals surface area contributed by atoms with Gasteiger partial charge >= 0.3 is 0 Å². The van der Waals surface area contributed by atoms with Gasteiger partial charge in [0.2, 0.25) is 0 Å². The van der Waals surface area contributed by atoms with Crippen molar-refractivity contribution in [3.05, 3.63) is 101 Å². The Hall–Kier alpha value is -4.06. The number of hydrogen-bond acceptors (Lipinski definition) is 3. The Morgan fingerprint density at radius 3 is 2.80 bits per heavy atom. The van der Waals surface area contributed by atoms with E-state index in [1.54, 1.807) is 23.9 Å². The van der Waals surface area contributed by atoms with E-state index >= 15 is 0 Å². The Morgan fingerprint density at radius 1 is 1.20 bits per heavy atom. The lowest BCUT2D eigenvalue weighted by molar-refractivity contribution is 0.101. The number of benzene rings is 3. The van der Waals surface area contributed by atoms with E-state index in [1.165, 1.54) is 22.9 Å². The second-order valence-electron chi connectivity index (χ2n) is 8.40. The van der Waals surface area contributed by atoms with Crippen molar-refractivity contribution in [2.75, 3.05) is 5.32 Å². The monoisotopic (exact) mass is 483 g/mol. The van der Waals surface area contributed by atoms with Crippen LogP contribution in [0.2, 0.25) is 0 Å². The Bertz CT molecular complexity index is 1570. The zero-order chi connectivity index (χ0) is 24.5. The molecule has 4 aromatic rings. The van der Waals surface area contributed by atoms with E-state index in [0.717, 1.165) is 16.5 Å². The van der Waals surface area contributed by atoms with Crippen molar-refractivity contribution in [3.8, 4) is 6.07 Å². The van der Waals surface area contributed by atoms with Crippen LogP contribution in [0.5, 0.6) is 0 Å². The summed E-state index contributed by atoms with van der Waals surface area (Å²) in [7, 11) is 0.726. The molecule has 6 nitrogen and oxygen atoms in total. The van der Waals surface area contributed by atoms with Crippen molar-refractivity contribution in [1.29, 1.82) is 10.0 Å². The lowest BCUT2D eigenvalue weighted by Gasteiger charge is -2.15. The van der Waals surface area contributed by atoms with Crippen molar-refractivity contribution in [2.45, 2.75) is 17.4 Å². The smallest absolute Gasteiger partial charge is 0.272 e. The van der Waals surface area contributed by atoms with Crippen molar-refractivity contribution in [2.24, 2.45) is 7.05 Å². The van der Waals surface area contributed by atoms with Crippen LogP contribution < -0.4 is 10.0 Å². The first-order valence-corrected chi connectivity index (χ1v) is 12.2. The quantitative estimate of drug-likeness (QED) is 0.367. The van der Waals surface area contributed by atoms with Gasteiger partial charge in [-0.05, 0) is 51.8 Å². The number of anilines is 1. The molecule has 3 aromatic carbocycles. The van der Waals surface area contributed by atoms with E-state index in [0.29, 0.717) is 23.4 Å². The van der Waals surface area contributed by atoms with Gasteiger partial charge < -0.3 is 9.88 Å². The molecule has 1 aliphatic rings. The molecule has 3 N–H and O–H groups in total. The van der Waals surface area contributed by atoms with Crippen LogP contribution in [0.15, 0.2) is 77.8 Å². The van der Waals surface area contributed by atoms with Crippen LogP contribution in [0.3, 0.4) is 0 Å². The van der Waals surface area contributed by atoms with E-state index in [4.69, 9.17) is 10.0 Å². The third kappa shape index (κ3) is 4.52. The molecule has 1 aliphatic heterocycles. The van der Waals surface area contributed by atoms with Gasteiger partial charge in [0, 0.05) is 30.5 Å². The molecule has 0 fully saturated rings. The highest BCUT2D eigenvalue weighted by atomic mass is 32.2. The van der Waals surface area contributed by atoms with Gasteiger partial charge in [-0.25, -0.2) is 9.11 Å². The molecule has 1 amide bonds. The highest BCUT2D eigenvalue weighted by Gasteiger charge is 2.24. The fourth-order valence-corrected chi connectivity index (χ4v) is 5.54. The number of carbonyl (C=O) groups excluding carboxylic acids is 1. The van der Waals surface area contributed by atoms with Gasteiger partial charge in [-0.15, -0.1) is 0 Å². The molecule has 0 spiro atoms. The molecule has 8 heteroatoms. The molecule has 174 valence electrons. The number of aromatic nitrogens is 1. The third-order valence-corrected chi connectivity index (χ3v) is 7.30. The molecule has 0 saturated carbocycles. The molecule has 0 radical (unpaired) electrons. The number of halogens is 1. The first-order valence-electron chi connectivity index (χ1n) is 11.0. The highest BCUT2D eigenvalue weighted by molar-refractivity contribution is 7.84. The standard InChI is InChI=1S/C27H22FN5OS/c1-33-16-25-23(26(33)27(34)31-21-9-11-24(28)20(14-21)15-29)10-8-22(32-35(25)30)13-17-6-7-18-4-2-3-5-19(18)12-17/h2-12,14,16,22H,13H2,1H3,(H2,30,32)(H,31,34). The highest BCUT2D eigenvalue weighted by Crippen LogP contribution is 2.27. The molecule has 5 rings (SSSR count). The van der Waals surface area contributed by atoms with Crippen LogP contribution in [0.1, 0.15) is 27.2 Å². The molecule has 35 heavy (non-hydrogen) atoms. The summed E-state index contributed by atoms with van der Waals surface area (Å²) in [4.78, 5) is 13.9. The first kappa shape index (κ1) is 22.7. The van der Waals surface area contributed by atoms with Gasteiger partial charge in [-0.3, -0.25) is 9.57 Å². The lowest BCUT2D eigenvalue weighted by Crippen LogP contribution is -2.29. The summed E-state index contributed by atoms with van der Waals surface area (Å²) >= 11 is 0. The topological polar surface area (TPSA) is 93.7 Å². The predicted molar refractivity (Wildman–Crippen MR) is 136 cm³/mol. The van der Waals surface area contributed by atoms with E-state index in [9.17, 15) is 9.18 Å². The van der Waals surface area contributed by atoms with Gasteiger partial charge in [-0.1, -0.05) is 54.6 Å². The average molecular weight is 484 g/mol. The van der Waals surface area contributed by atoms with Crippen molar-refractivity contribution < 1.29 is 9.18 Å². The second kappa shape index (κ2) is 9.29. The Balaban J connectivity index is 1.41. The fourth-order valence-electron chi connectivity index (χ4n) is 4.30. The summed E-state index contributed by atoms with van der Waals surface area (Å²) in [5.41, 5.74) is 2.44. The molecule has 0 saturated heterocycles. The average Bonchev–Trinajstić information content (AvgIpc) is 3.12. The summed E-state index contributed by atoms with van der Waals surface area (Å²) in [6.45, 7) is 0. The van der Waals surface area contributed by atoms with Gasteiger partial charge in [0.15, 0.2) is 0 Å². The number of aryl methyl sites for hydroxylation is 1. The Kier molecular flexibility index (Phi) is 6.03. The number of nitrogens with zero attached hydrogens (tertiary/aromatic N) is 2. The number of fused-ring (bicyclic) bond motifs is 2. The van der Waals surface area contributed by atoms with E-state index < -0.39 is 16.7 Å². The Labute approximate surface area is 204 Å². The number of hydrogen-bond donors (Lipinski definition) is 3. The summed E-state index contributed by atoms with van der Waals surface area (Å²) in [5, 5.41) is 14.2. The zero-order valence-electron chi connectivity index (χ0n) is 18.9. The third-order valence-electron chi connectivity index (χ3n) is 6.00. The minimum Gasteiger partial charge on any atom is -0.345 e. The zero-order valence-corrected chi connectivity index (χ0v) is 19.7. The van der Waals surface area contributed by atoms with Crippen LogP contribution in [0.25, 0.3) is 16.8 Å². The maximum Gasteiger partial charge on any atom is 0.272 e. The van der Waals surface area contributed by atoms with Crippen LogP contribution in [-0.4, -0.2) is 16.5 Å². The fraction of sp³-hybridized carbons (Fsp3) is 0.111. The molecule has 0 bridgehead atoms. The number of carbonyl (C=O) groups is 1. The second-order valence-corrected chi connectivity index (χ2v) is 9.69. The largest absolute Gasteiger partial charge is 0.345 e. The van der Waals surface area contributed by atoms with Crippen molar-refractivity contribution >= 4 is 39.3 Å². The van der Waals surface area contributed by atoms with Gasteiger partial charge in [0.1, 0.15) is 17.6 Å². The van der Waals surface area contributed by atoms with Gasteiger partial charge in [0.25, 0.3) is 5.91 Å². The van der Waals surface area contributed by atoms with Crippen LogP contribution in [-0.2, 0) is 24.3 Å². The maximum absolute atomic E-state index is 13.7. The van der Waals surface area contributed by atoms with Crippen LogP contribution in [0, 0.1) is 21.9 Å². The number of nitrogens with one attached hydrogen (secondary N) is 3. The summed E-state index contributed by atoms with van der Waals surface area (Å²) < 4.78 is 27.4.